The summed E-state index contributed by atoms with van der Waals surface area (Å²) >= 11 is 12.0. The Kier molecular flexibility index (Phi) is 9.47. The zero-order chi connectivity index (χ0) is 30.3. The first kappa shape index (κ1) is 32.5. The smallest absolute Gasteiger partial charge is 0.346 e. The van der Waals surface area contributed by atoms with E-state index in [1.807, 2.05) is 0 Å². The molecule has 3 rings (SSSR count). The molecule has 15 heteroatoms. The summed E-state index contributed by atoms with van der Waals surface area (Å²) in [5, 5.41) is 1.77. The van der Waals surface area contributed by atoms with Crippen molar-refractivity contribution in [1.82, 2.24) is 5.32 Å². The number of hydrogen-bond donors (Lipinski definition) is 1. The predicted octanol–water partition coefficient (Wildman–Crippen LogP) is 9.27. The molecule has 1 aliphatic carbocycles. The fourth-order valence-corrected chi connectivity index (χ4v) is 5.25. The minimum absolute atomic E-state index is 0.0142. The molecular formula is C25H17Br2ClF9NO2. The van der Waals surface area contributed by atoms with Gasteiger partial charge in [-0.2, -0.15) is 39.5 Å². The van der Waals surface area contributed by atoms with Gasteiger partial charge in [-0.25, -0.2) is 0 Å². The third-order valence-electron chi connectivity index (χ3n) is 6.13. The lowest BCUT2D eigenvalue weighted by atomic mass is 9.91. The molecule has 3 nitrogen and oxygen atoms in total. The minimum atomic E-state index is -5.10. The maximum absolute atomic E-state index is 13.8. The van der Waals surface area contributed by atoms with Crippen LogP contribution in [0.2, 0.25) is 5.02 Å². The van der Waals surface area contributed by atoms with Gasteiger partial charge >= 0.3 is 18.5 Å². The third-order valence-corrected chi connectivity index (χ3v) is 8.25. The van der Waals surface area contributed by atoms with Gasteiger partial charge < -0.3 is 5.32 Å². The van der Waals surface area contributed by atoms with Gasteiger partial charge in [0.2, 0.25) is 5.91 Å². The van der Waals surface area contributed by atoms with E-state index in [-0.39, 0.29) is 37.9 Å². The van der Waals surface area contributed by atoms with Gasteiger partial charge in [0, 0.05) is 20.9 Å². The van der Waals surface area contributed by atoms with E-state index in [9.17, 15) is 49.1 Å². The normalized spacial score (nSPS) is 16.2. The second kappa shape index (κ2) is 11.7. The largest absolute Gasteiger partial charge is 0.417 e. The summed E-state index contributed by atoms with van der Waals surface area (Å²) in [6.07, 6.45) is -13.9. The van der Waals surface area contributed by atoms with Crippen molar-refractivity contribution in [3.63, 3.8) is 0 Å². The van der Waals surface area contributed by atoms with Gasteiger partial charge in [0.05, 0.1) is 21.9 Å². The molecule has 1 N–H and O–H groups in total. The molecule has 1 amide bonds. The molecule has 0 aliphatic heterocycles. The van der Waals surface area contributed by atoms with Crippen LogP contribution in [0.15, 0.2) is 45.4 Å². The molecule has 0 radical (unpaired) electrons. The van der Waals surface area contributed by atoms with E-state index in [2.05, 4.69) is 31.9 Å². The predicted molar refractivity (Wildman–Crippen MR) is 136 cm³/mol. The second-order valence-electron chi connectivity index (χ2n) is 9.16. The standard InChI is InChI=1S/C25H17Br2ClF9NO2/c26-17-8-13(9-18(27)20(17)28)15(24(32,33)34)4-2-12-1-3-14(16(7-12)25(35,36)37)19(39)10-22(5-6-22)21(40)38-11-23(29,30)31/h1-4,7-9,15H,5-6,10-11H2,(H,38,40)/b4-2+. The van der Waals surface area contributed by atoms with E-state index < -0.39 is 65.6 Å². The molecule has 40 heavy (non-hydrogen) atoms. The summed E-state index contributed by atoms with van der Waals surface area (Å²) in [7, 11) is 0. The van der Waals surface area contributed by atoms with Crippen molar-refractivity contribution in [3.8, 4) is 0 Å². The Morgan fingerprint density at radius 2 is 1.55 bits per heavy atom. The highest BCUT2D eigenvalue weighted by Crippen LogP contribution is 2.50. The number of Topliss-reactive ketones (excluding diaryl/α,β-unsaturated/α-hetero) is 1. The second-order valence-corrected chi connectivity index (χ2v) is 11.2. The van der Waals surface area contributed by atoms with Crippen LogP contribution in [0.4, 0.5) is 39.5 Å². The summed E-state index contributed by atoms with van der Waals surface area (Å²) in [5.74, 6) is -4.45. The lowest BCUT2D eigenvalue weighted by molar-refractivity contribution is -0.141. The fourth-order valence-electron chi connectivity index (χ4n) is 3.92. The number of alkyl halides is 9. The van der Waals surface area contributed by atoms with Crippen LogP contribution in [0.1, 0.15) is 52.2 Å². The van der Waals surface area contributed by atoms with Crippen LogP contribution in [0.3, 0.4) is 0 Å². The molecule has 1 atom stereocenters. The van der Waals surface area contributed by atoms with Gasteiger partial charge in [-0.05, 0) is 74.0 Å². The van der Waals surface area contributed by atoms with E-state index in [0.717, 1.165) is 30.3 Å². The van der Waals surface area contributed by atoms with Gasteiger partial charge in [0.1, 0.15) is 6.54 Å². The van der Waals surface area contributed by atoms with Crippen molar-refractivity contribution in [2.24, 2.45) is 5.41 Å². The Morgan fingerprint density at radius 1 is 0.975 bits per heavy atom. The van der Waals surface area contributed by atoms with E-state index in [4.69, 9.17) is 11.6 Å². The Morgan fingerprint density at radius 3 is 2.02 bits per heavy atom. The SMILES string of the molecule is O=C(CC1(C(=O)NCC(F)(F)F)CC1)c1ccc(/C=C/C(c2cc(Br)c(Cl)c(Br)c2)C(F)(F)F)cc1C(F)(F)F. The Balaban J connectivity index is 1.90. The van der Waals surface area contributed by atoms with Crippen molar-refractivity contribution >= 4 is 61.2 Å². The lowest BCUT2D eigenvalue weighted by Gasteiger charge is -2.19. The maximum Gasteiger partial charge on any atom is 0.417 e. The van der Waals surface area contributed by atoms with Crippen LogP contribution < -0.4 is 5.32 Å². The zero-order valence-electron chi connectivity index (χ0n) is 19.8. The van der Waals surface area contributed by atoms with Crippen molar-refractivity contribution in [3.05, 3.63) is 72.6 Å². The molecule has 1 unspecified atom stereocenters. The zero-order valence-corrected chi connectivity index (χ0v) is 23.7. The highest BCUT2D eigenvalue weighted by Gasteiger charge is 2.52. The molecule has 1 aliphatic rings. The molecule has 0 saturated heterocycles. The summed E-state index contributed by atoms with van der Waals surface area (Å²) in [6, 6.07) is 4.51. The number of allylic oxidation sites excluding steroid dienone is 1. The Labute approximate surface area is 243 Å². The van der Waals surface area contributed by atoms with Crippen molar-refractivity contribution < 1.29 is 49.1 Å². The number of rotatable bonds is 8. The Bertz CT molecular complexity index is 1310. The molecule has 1 fully saturated rings. The highest BCUT2D eigenvalue weighted by atomic mass is 79.9. The topological polar surface area (TPSA) is 46.2 Å². The summed E-state index contributed by atoms with van der Waals surface area (Å²) in [5.41, 5.74) is -4.41. The maximum atomic E-state index is 13.8. The highest BCUT2D eigenvalue weighted by molar-refractivity contribution is 9.11. The van der Waals surface area contributed by atoms with Gasteiger partial charge in [-0.1, -0.05) is 35.9 Å². The van der Waals surface area contributed by atoms with Gasteiger partial charge in [-0.3, -0.25) is 9.59 Å². The molecule has 2 aromatic carbocycles. The van der Waals surface area contributed by atoms with E-state index in [1.54, 1.807) is 5.32 Å². The van der Waals surface area contributed by atoms with Gasteiger partial charge in [0.25, 0.3) is 0 Å². The number of amides is 1. The summed E-state index contributed by atoms with van der Waals surface area (Å²) in [6.45, 7) is -1.65. The van der Waals surface area contributed by atoms with Gasteiger partial charge in [-0.15, -0.1) is 0 Å². The fraction of sp³-hybridized carbons (Fsp3) is 0.360. The summed E-state index contributed by atoms with van der Waals surface area (Å²) < 4.78 is 121. The van der Waals surface area contributed by atoms with Crippen LogP contribution in [-0.2, 0) is 11.0 Å². The van der Waals surface area contributed by atoms with Crippen molar-refractivity contribution in [2.45, 2.75) is 43.7 Å². The minimum Gasteiger partial charge on any atom is -0.346 e. The first-order chi connectivity index (χ1) is 18.2. The average molecular weight is 730 g/mol. The average Bonchev–Trinajstić information content (AvgIpc) is 3.59. The van der Waals surface area contributed by atoms with Crippen LogP contribution in [0.5, 0.6) is 0 Å². The third kappa shape index (κ3) is 8.03. The molecule has 0 bridgehead atoms. The number of nitrogens with one attached hydrogen (secondary N) is 1. The number of hydrogen-bond acceptors (Lipinski definition) is 2. The molecular weight excluding hydrogens is 713 g/mol. The number of benzene rings is 2. The van der Waals surface area contributed by atoms with E-state index in [0.29, 0.717) is 12.1 Å². The molecule has 0 aromatic heterocycles. The van der Waals surface area contributed by atoms with Crippen molar-refractivity contribution in [1.29, 1.82) is 0 Å². The molecule has 2 aromatic rings. The quantitative estimate of drug-likeness (QED) is 0.167. The molecule has 218 valence electrons. The van der Waals surface area contributed by atoms with Crippen LogP contribution in [0.25, 0.3) is 6.08 Å². The van der Waals surface area contributed by atoms with Crippen molar-refractivity contribution in [2.75, 3.05) is 6.54 Å². The van der Waals surface area contributed by atoms with E-state index >= 15 is 0 Å². The van der Waals surface area contributed by atoms with Crippen LogP contribution in [0, 0.1) is 5.41 Å². The number of carbonyl (C=O) groups excluding carboxylic acids is 2. The lowest BCUT2D eigenvalue weighted by Crippen LogP contribution is -2.39. The number of ketones is 1. The van der Waals surface area contributed by atoms with Crippen LogP contribution >= 0.6 is 43.5 Å². The molecule has 1 saturated carbocycles. The first-order valence-corrected chi connectivity index (χ1v) is 13.2. The molecule has 0 spiro atoms. The monoisotopic (exact) mass is 727 g/mol. The molecule has 0 heterocycles. The number of halogens is 12. The number of carbonyl (C=O) groups is 2. The van der Waals surface area contributed by atoms with E-state index in [1.165, 1.54) is 0 Å². The Hall–Kier alpha value is -2.06. The van der Waals surface area contributed by atoms with Crippen LogP contribution in [-0.4, -0.2) is 30.6 Å². The summed E-state index contributed by atoms with van der Waals surface area (Å²) in [4.78, 5) is 25.0. The first-order valence-electron chi connectivity index (χ1n) is 11.2. The van der Waals surface area contributed by atoms with Gasteiger partial charge in [0.15, 0.2) is 5.78 Å².